The van der Waals surface area contributed by atoms with Crippen molar-refractivity contribution in [1.29, 1.82) is 0 Å². The molecule has 0 atom stereocenters. The number of anilines is 1. The maximum atomic E-state index is 11.5. The molecular formula is C12H16BrNO3. The highest BCUT2D eigenvalue weighted by molar-refractivity contribution is 9.10. The Hall–Kier alpha value is -1.07. The Morgan fingerprint density at radius 1 is 1.47 bits per heavy atom. The van der Waals surface area contributed by atoms with E-state index in [4.69, 9.17) is 9.47 Å². The Kier molecular flexibility index (Phi) is 6.00. The normalized spacial score (nSPS) is 10.1. The molecule has 0 aliphatic heterocycles. The lowest BCUT2D eigenvalue weighted by Crippen LogP contribution is -2.18. The molecule has 1 aromatic carbocycles. The van der Waals surface area contributed by atoms with Crippen LogP contribution < -0.4 is 10.1 Å². The van der Waals surface area contributed by atoms with Gasteiger partial charge in [0.2, 0.25) is 5.91 Å². The molecule has 0 unspecified atom stereocenters. The van der Waals surface area contributed by atoms with Crippen LogP contribution in [-0.2, 0) is 9.53 Å². The number of benzene rings is 1. The van der Waals surface area contributed by atoms with Crippen LogP contribution in [0.1, 0.15) is 13.3 Å². The van der Waals surface area contributed by atoms with Gasteiger partial charge in [-0.3, -0.25) is 4.79 Å². The Balaban J connectivity index is 2.53. The molecule has 0 fully saturated rings. The van der Waals surface area contributed by atoms with Crippen LogP contribution >= 0.6 is 15.9 Å². The zero-order valence-corrected chi connectivity index (χ0v) is 11.5. The van der Waals surface area contributed by atoms with Crippen LogP contribution in [0, 0.1) is 0 Å². The lowest BCUT2D eigenvalue weighted by atomic mass is 10.3. The van der Waals surface area contributed by atoms with E-state index in [1.54, 1.807) is 19.2 Å². The smallest absolute Gasteiger partial charge is 0.250 e. The maximum Gasteiger partial charge on any atom is 0.250 e. The SMILES string of the molecule is CCCOCC(=O)Nc1ccc(Br)c(OC)c1. The first-order chi connectivity index (χ1) is 8.17. The fourth-order valence-corrected chi connectivity index (χ4v) is 1.65. The number of nitrogens with one attached hydrogen (secondary N) is 1. The summed E-state index contributed by atoms with van der Waals surface area (Å²) in [6, 6.07) is 5.37. The molecule has 0 aliphatic rings. The third kappa shape index (κ3) is 4.75. The summed E-state index contributed by atoms with van der Waals surface area (Å²) in [5, 5.41) is 2.74. The molecule has 0 heterocycles. The minimum Gasteiger partial charge on any atom is -0.495 e. The van der Waals surface area contributed by atoms with E-state index in [-0.39, 0.29) is 12.5 Å². The summed E-state index contributed by atoms with van der Waals surface area (Å²) >= 11 is 3.35. The van der Waals surface area contributed by atoms with Crippen LogP contribution in [0.2, 0.25) is 0 Å². The molecule has 0 spiro atoms. The van der Waals surface area contributed by atoms with Gasteiger partial charge in [0.15, 0.2) is 0 Å². The summed E-state index contributed by atoms with van der Waals surface area (Å²) in [5.74, 6) is 0.514. The molecule has 0 saturated heterocycles. The van der Waals surface area contributed by atoms with E-state index < -0.39 is 0 Å². The molecule has 0 aliphatic carbocycles. The average Bonchev–Trinajstić information content (AvgIpc) is 2.32. The van der Waals surface area contributed by atoms with Gasteiger partial charge >= 0.3 is 0 Å². The van der Waals surface area contributed by atoms with Crippen molar-refractivity contribution in [3.05, 3.63) is 22.7 Å². The number of rotatable bonds is 6. The number of amides is 1. The highest BCUT2D eigenvalue weighted by Gasteiger charge is 2.05. The first-order valence-electron chi connectivity index (χ1n) is 5.38. The largest absolute Gasteiger partial charge is 0.495 e. The van der Waals surface area contributed by atoms with Gasteiger partial charge in [-0.25, -0.2) is 0 Å². The average molecular weight is 302 g/mol. The van der Waals surface area contributed by atoms with Gasteiger partial charge in [0.1, 0.15) is 12.4 Å². The minimum atomic E-state index is -0.164. The van der Waals surface area contributed by atoms with Gasteiger partial charge in [-0.2, -0.15) is 0 Å². The fraction of sp³-hybridized carbons (Fsp3) is 0.417. The van der Waals surface area contributed by atoms with Crippen molar-refractivity contribution in [2.75, 3.05) is 25.6 Å². The van der Waals surface area contributed by atoms with Crippen molar-refractivity contribution in [2.24, 2.45) is 0 Å². The summed E-state index contributed by atoms with van der Waals surface area (Å²) in [6.45, 7) is 2.67. The van der Waals surface area contributed by atoms with E-state index in [0.717, 1.165) is 10.9 Å². The Morgan fingerprint density at radius 2 is 2.24 bits per heavy atom. The number of ether oxygens (including phenoxy) is 2. The summed E-state index contributed by atoms with van der Waals surface area (Å²) in [5.41, 5.74) is 0.690. The number of hydrogen-bond donors (Lipinski definition) is 1. The number of carbonyl (C=O) groups excluding carboxylic acids is 1. The second-order valence-corrected chi connectivity index (χ2v) is 4.30. The van der Waals surface area contributed by atoms with Crippen molar-refractivity contribution in [2.45, 2.75) is 13.3 Å². The van der Waals surface area contributed by atoms with Crippen LogP contribution in [0.4, 0.5) is 5.69 Å². The highest BCUT2D eigenvalue weighted by Crippen LogP contribution is 2.27. The summed E-state index contributed by atoms with van der Waals surface area (Å²) in [6.07, 6.45) is 0.902. The molecule has 5 heteroatoms. The first-order valence-corrected chi connectivity index (χ1v) is 6.17. The highest BCUT2D eigenvalue weighted by atomic mass is 79.9. The molecule has 4 nitrogen and oxygen atoms in total. The monoisotopic (exact) mass is 301 g/mol. The molecule has 1 amide bonds. The van der Waals surface area contributed by atoms with Gasteiger partial charge in [-0.1, -0.05) is 6.92 Å². The van der Waals surface area contributed by atoms with Crippen LogP contribution in [0.25, 0.3) is 0 Å². The number of hydrogen-bond acceptors (Lipinski definition) is 3. The molecule has 1 N–H and O–H groups in total. The minimum absolute atomic E-state index is 0.0756. The zero-order valence-electron chi connectivity index (χ0n) is 9.96. The Labute approximate surface area is 109 Å². The predicted molar refractivity (Wildman–Crippen MR) is 70.4 cm³/mol. The molecule has 0 saturated carbocycles. The van der Waals surface area contributed by atoms with E-state index in [0.29, 0.717) is 18.0 Å². The predicted octanol–water partition coefficient (Wildman–Crippen LogP) is 2.82. The van der Waals surface area contributed by atoms with E-state index in [9.17, 15) is 4.79 Å². The fourth-order valence-electron chi connectivity index (χ4n) is 1.24. The van der Waals surface area contributed by atoms with E-state index in [1.807, 2.05) is 13.0 Å². The molecule has 0 radical (unpaired) electrons. The maximum absolute atomic E-state index is 11.5. The van der Waals surface area contributed by atoms with Gasteiger partial charge in [0, 0.05) is 18.4 Å². The Morgan fingerprint density at radius 3 is 2.88 bits per heavy atom. The number of carbonyl (C=O) groups is 1. The van der Waals surface area contributed by atoms with Crippen molar-refractivity contribution in [1.82, 2.24) is 0 Å². The van der Waals surface area contributed by atoms with Gasteiger partial charge in [0.25, 0.3) is 0 Å². The summed E-state index contributed by atoms with van der Waals surface area (Å²) in [7, 11) is 1.58. The third-order valence-corrected chi connectivity index (χ3v) is 2.67. The molecule has 94 valence electrons. The second-order valence-electron chi connectivity index (χ2n) is 3.45. The van der Waals surface area contributed by atoms with Crippen molar-refractivity contribution >= 4 is 27.5 Å². The third-order valence-electron chi connectivity index (χ3n) is 2.02. The van der Waals surface area contributed by atoms with Crippen LogP contribution in [0.5, 0.6) is 5.75 Å². The lowest BCUT2D eigenvalue weighted by molar-refractivity contribution is -0.120. The molecule has 1 aromatic rings. The zero-order chi connectivity index (χ0) is 12.7. The van der Waals surface area contributed by atoms with E-state index >= 15 is 0 Å². The van der Waals surface area contributed by atoms with Gasteiger partial charge in [-0.15, -0.1) is 0 Å². The molecule has 0 aromatic heterocycles. The lowest BCUT2D eigenvalue weighted by Gasteiger charge is -2.08. The molecule has 17 heavy (non-hydrogen) atoms. The van der Waals surface area contributed by atoms with Crippen LogP contribution in [0.3, 0.4) is 0 Å². The van der Waals surface area contributed by atoms with Gasteiger partial charge in [0.05, 0.1) is 11.6 Å². The Bertz CT molecular complexity index is 382. The van der Waals surface area contributed by atoms with Crippen LogP contribution in [0.15, 0.2) is 22.7 Å². The van der Waals surface area contributed by atoms with Crippen molar-refractivity contribution in [3.8, 4) is 5.75 Å². The van der Waals surface area contributed by atoms with Crippen molar-refractivity contribution < 1.29 is 14.3 Å². The second kappa shape index (κ2) is 7.29. The van der Waals surface area contributed by atoms with Crippen molar-refractivity contribution in [3.63, 3.8) is 0 Å². The number of methoxy groups -OCH3 is 1. The van der Waals surface area contributed by atoms with Crippen LogP contribution in [-0.4, -0.2) is 26.2 Å². The quantitative estimate of drug-likeness (QED) is 0.822. The standard InChI is InChI=1S/C12H16BrNO3/c1-3-6-17-8-12(15)14-9-4-5-10(13)11(7-9)16-2/h4-5,7H,3,6,8H2,1-2H3,(H,14,15). The summed E-state index contributed by atoms with van der Waals surface area (Å²) < 4.78 is 11.1. The first kappa shape index (κ1) is 14.0. The summed E-state index contributed by atoms with van der Waals surface area (Å²) in [4.78, 5) is 11.5. The molecule has 1 rings (SSSR count). The van der Waals surface area contributed by atoms with Gasteiger partial charge < -0.3 is 14.8 Å². The topological polar surface area (TPSA) is 47.6 Å². The van der Waals surface area contributed by atoms with E-state index in [1.165, 1.54) is 0 Å². The van der Waals surface area contributed by atoms with E-state index in [2.05, 4.69) is 21.2 Å². The molecular weight excluding hydrogens is 286 g/mol. The van der Waals surface area contributed by atoms with Gasteiger partial charge in [-0.05, 0) is 34.5 Å². The number of halogens is 1. The molecule has 0 bridgehead atoms.